The molecule has 34 heavy (non-hydrogen) atoms. The number of carbonyl (C=O) groups excluding carboxylic acids is 1. The number of hydrogen-bond donors (Lipinski definition) is 1. The third kappa shape index (κ3) is 5.41. The number of nitrogens with zero attached hydrogens (tertiary/aromatic N) is 5. The lowest BCUT2D eigenvalue weighted by molar-refractivity contribution is -0.386. The van der Waals surface area contributed by atoms with Gasteiger partial charge in [-0.05, 0) is 56.0 Å². The number of pyridine rings is 1. The highest BCUT2D eigenvalue weighted by Gasteiger charge is 2.21. The van der Waals surface area contributed by atoms with Crippen molar-refractivity contribution in [1.29, 1.82) is 0 Å². The van der Waals surface area contributed by atoms with E-state index in [0.29, 0.717) is 30.0 Å². The summed E-state index contributed by atoms with van der Waals surface area (Å²) in [7, 11) is 0. The normalized spacial score (nSPS) is 14.0. The van der Waals surface area contributed by atoms with Gasteiger partial charge in [0.25, 0.3) is 5.91 Å². The van der Waals surface area contributed by atoms with Crippen molar-refractivity contribution < 1.29 is 9.72 Å². The number of nitrogens with one attached hydrogen (secondary N) is 1. The van der Waals surface area contributed by atoms with E-state index < -0.39 is 4.92 Å². The van der Waals surface area contributed by atoms with Crippen molar-refractivity contribution in [3.63, 3.8) is 0 Å². The molecule has 1 amide bonds. The molecule has 0 radical (unpaired) electrons. The second kappa shape index (κ2) is 10.5. The highest BCUT2D eigenvalue weighted by molar-refractivity contribution is 5.94. The summed E-state index contributed by atoms with van der Waals surface area (Å²) in [5, 5.41) is 18.4. The van der Waals surface area contributed by atoms with Gasteiger partial charge < -0.3 is 10.2 Å². The molecule has 0 saturated carbocycles. The quantitative estimate of drug-likeness (QED) is 0.417. The number of carbonyl (C=O) groups is 1. The number of benzene rings is 1. The Kier molecular flexibility index (Phi) is 7.20. The zero-order valence-electron chi connectivity index (χ0n) is 19.7. The van der Waals surface area contributed by atoms with Crippen LogP contribution in [0.3, 0.4) is 0 Å². The predicted octanol–water partition coefficient (Wildman–Crippen LogP) is 4.16. The van der Waals surface area contributed by atoms with Crippen molar-refractivity contribution in [2.75, 3.05) is 18.0 Å². The zero-order chi connectivity index (χ0) is 24.1. The predicted molar refractivity (Wildman–Crippen MR) is 130 cm³/mol. The number of hydrogen-bond acceptors (Lipinski definition) is 6. The van der Waals surface area contributed by atoms with Gasteiger partial charge in [-0.25, -0.2) is 4.98 Å². The molecule has 0 atom stereocenters. The molecule has 1 aliphatic heterocycles. The number of anilines is 1. The molecule has 1 fully saturated rings. The molecule has 0 aliphatic carbocycles. The molecule has 3 aromatic rings. The van der Waals surface area contributed by atoms with Gasteiger partial charge in [-0.2, -0.15) is 5.10 Å². The lowest BCUT2D eigenvalue weighted by Crippen LogP contribution is -2.25. The molecular formula is C25H30N6O3. The van der Waals surface area contributed by atoms with Gasteiger partial charge in [0.2, 0.25) is 0 Å². The van der Waals surface area contributed by atoms with Crippen LogP contribution >= 0.6 is 0 Å². The second-order valence-corrected chi connectivity index (χ2v) is 8.74. The fourth-order valence-corrected chi connectivity index (χ4v) is 4.33. The monoisotopic (exact) mass is 462 g/mol. The molecule has 3 heterocycles. The summed E-state index contributed by atoms with van der Waals surface area (Å²) < 4.78 is 1.62. The SMILES string of the molecule is Cc1nn(Cc2ccc(C(=O)NCc3ccc(N4CCCCCC4)nc3)cc2)c(C)c1[N+](=O)[O-]. The Morgan fingerprint density at radius 3 is 2.29 bits per heavy atom. The molecular weight excluding hydrogens is 432 g/mol. The van der Waals surface area contributed by atoms with E-state index >= 15 is 0 Å². The van der Waals surface area contributed by atoms with Crippen molar-refractivity contribution in [3.8, 4) is 0 Å². The van der Waals surface area contributed by atoms with Crippen molar-refractivity contribution in [2.45, 2.75) is 52.6 Å². The number of amides is 1. The summed E-state index contributed by atoms with van der Waals surface area (Å²) in [5.41, 5.74) is 3.37. The lowest BCUT2D eigenvalue weighted by Gasteiger charge is -2.21. The Labute approximate surface area is 199 Å². The maximum Gasteiger partial charge on any atom is 0.312 e. The zero-order valence-corrected chi connectivity index (χ0v) is 19.7. The molecule has 1 aliphatic rings. The summed E-state index contributed by atoms with van der Waals surface area (Å²) >= 11 is 0. The van der Waals surface area contributed by atoms with E-state index in [1.807, 2.05) is 30.5 Å². The molecule has 4 rings (SSSR count). The smallest absolute Gasteiger partial charge is 0.312 e. The van der Waals surface area contributed by atoms with E-state index in [9.17, 15) is 14.9 Å². The third-order valence-corrected chi connectivity index (χ3v) is 6.27. The first-order valence-corrected chi connectivity index (χ1v) is 11.7. The van der Waals surface area contributed by atoms with Crippen LogP contribution in [0.5, 0.6) is 0 Å². The second-order valence-electron chi connectivity index (χ2n) is 8.74. The van der Waals surface area contributed by atoms with E-state index in [0.717, 1.165) is 30.0 Å². The molecule has 0 unspecified atom stereocenters. The lowest BCUT2D eigenvalue weighted by atomic mass is 10.1. The number of nitro groups is 1. The Morgan fingerprint density at radius 1 is 1.03 bits per heavy atom. The Hall–Kier alpha value is -3.75. The van der Waals surface area contributed by atoms with Crippen LogP contribution in [0.1, 0.15) is 58.6 Å². The van der Waals surface area contributed by atoms with Crippen LogP contribution in [0.4, 0.5) is 11.5 Å². The van der Waals surface area contributed by atoms with E-state index in [4.69, 9.17) is 0 Å². The minimum atomic E-state index is -0.403. The van der Waals surface area contributed by atoms with Crippen LogP contribution in [-0.2, 0) is 13.1 Å². The molecule has 1 N–H and O–H groups in total. The van der Waals surface area contributed by atoms with Gasteiger partial charge in [0.15, 0.2) is 0 Å². The molecule has 9 heteroatoms. The summed E-state index contributed by atoms with van der Waals surface area (Å²) in [4.78, 5) is 30.3. The fraction of sp³-hybridized carbons (Fsp3) is 0.400. The molecule has 1 aromatic carbocycles. The maximum atomic E-state index is 12.6. The minimum Gasteiger partial charge on any atom is -0.357 e. The van der Waals surface area contributed by atoms with E-state index in [1.54, 1.807) is 30.7 Å². The van der Waals surface area contributed by atoms with Crippen molar-refractivity contribution in [1.82, 2.24) is 20.1 Å². The standard InChI is InChI=1S/C25H30N6O3/c1-18-24(31(33)34)19(2)30(28-18)17-20-7-10-22(11-8-20)25(32)27-16-21-9-12-23(26-15-21)29-13-5-3-4-6-14-29/h7-12,15H,3-6,13-14,16-17H2,1-2H3,(H,27,32). The summed E-state index contributed by atoms with van der Waals surface area (Å²) in [6.45, 7) is 6.23. The molecule has 1 saturated heterocycles. The van der Waals surface area contributed by atoms with Crippen molar-refractivity contribution in [3.05, 3.63) is 80.8 Å². The molecule has 0 spiro atoms. The van der Waals surface area contributed by atoms with Crippen molar-refractivity contribution >= 4 is 17.4 Å². The Bertz CT molecular complexity index is 1150. The minimum absolute atomic E-state index is 0.0462. The van der Waals surface area contributed by atoms with Gasteiger partial charge in [-0.3, -0.25) is 19.6 Å². The number of rotatable bonds is 7. The first kappa shape index (κ1) is 23.4. The Morgan fingerprint density at radius 2 is 1.71 bits per heavy atom. The average Bonchev–Trinajstić information content (AvgIpc) is 3.00. The molecule has 0 bridgehead atoms. The summed E-state index contributed by atoms with van der Waals surface area (Å²) in [6.07, 6.45) is 6.81. The summed E-state index contributed by atoms with van der Waals surface area (Å²) in [6, 6.07) is 11.2. The average molecular weight is 463 g/mol. The van der Waals surface area contributed by atoms with Gasteiger partial charge in [0.05, 0.1) is 11.5 Å². The molecule has 2 aromatic heterocycles. The third-order valence-electron chi connectivity index (χ3n) is 6.27. The van der Waals surface area contributed by atoms with Gasteiger partial charge in [-0.1, -0.05) is 31.0 Å². The van der Waals surface area contributed by atoms with E-state index in [2.05, 4.69) is 20.3 Å². The van der Waals surface area contributed by atoms with Crippen LogP contribution in [0.2, 0.25) is 0 Å². The number of aromatic nitrogens is 3. The molecule has 178 valence electrons. The first-order chi connectivity index (χ1) is 16.4. The largest absolute Gasteiger partial charge is 0.357 e. The topological polar surface area (TPSA) is 106 Å². The van der Waals surface area contributed by atoms with Crippen LogP contribution in [0.25, 0.3) is 0 Å². The first-order valence-electron chi connectivity index (χ1n) is 11.7. The van der Waals surface area contributed by atoms with E-state index in [-0.39, 0.29) is 11.6 Å². The van der Waals surface area contributed by atoms with Crippen LogP contribution in [-0.4, -0.2) is 38.7 Å². The van der Waals surface area contributed by atoms with Crippen LogP contribution in [0, 0.1) is 24.0 Å². The fourth-order valence-electron chi connectivity index (χ4n) is 4.33. The van der Waals surface area contributed by atoms with E-state index in [1.165, 1.54) is 25.7 Å². The Balaban J connectivity index is 1.32. The number of aryl methyl sites for hydroxylation is 1. The highest BCUT2D eigenvalue weighted by Crippen LogP contribution is 2.22. The van der Waals surface area contributed by atoms with Gasteiger partial charge in [0, 0.05) is 31.4 Å². The summed E-state index contributed by atoms with van der Waals surface area (Å²) in [5.74, 6) is 0.838. The molecule has 9 nitrogen and oxygen atoms in total. The van der Waals surface area contributed by atoms with Crippen LogP contribution < -0.4 is 10.2 Å². The van der Waals surface area contributed by atoms with Gasteiger partial charge in [-0.15, -0.1) is 0 Å². The van der Waals surface area contributed by atoms with Gasteiger partial charge >= 0.3 is 5.69 Å². The van der Waals surface area contributed by atoms with Gasteiger partial charge in [0.1, 0.15) is 17.2 Å². The maximum absolute atomic E-state index is 12.6. The van der Waals surface area contributed by atoms with Crippen LogP contribution in [0.15, 0.2) is 42.6 Å². The van der Waals surface area contributed by atoms with Crippen molar-refractivity contribution in [2.24, 2.45) is 0 Å². The highest BCUT2D eigenvalue weighted by atomic mass is 16.6.